The van der Waals surface area contributed by atoms with E-state index in [2.05, 4.69) is 27.5 Å². The molecule has 5 heteroatoms. The molecular formula is C14H18N3O2. The molecule has 1 saturated heterocycles. The first kappa shape index (κ1) is 12.4. The van der Waals surface area contributed by atoms with Gasteiger partial charge in [-0.25, -0.2) is 0 Å². The molecule has 0 spiro atoms. The molecule has 1 aromatic carbocycles. The van der Waals surface area contributed by atoms with Crippen LogP contribution in [0.4, 0.5) is 5.69 Å². The quantitative estimate of drug-likeness (QED) is 0.855. The first-order valence-electron chi connectivity index (χ1n) is 6.64. The summed E-state index contributed by atoms with van der Waals surface area (Å²) < 4.78 is 0. The van der Waals surface area contributed by atoms with Gasteiger partial charge < -0.3 is 20.2 Å². The van der Waals surface area contributed by atoms with Gasteiger partial charge in [-0.3, -0.25) is 0 Å². The van der Waals surface area contributed by atoms with Crippen molar-refractivity contribution in [3.8, 4) is 0 Å². The lowest BCUT2D eigenvalue weighted by Crippen LogP contribution is -2.44. The van der Waals surface area contributed by atoms with Gasteiger partial charge in [0.15, 0.2) is 6.10 Å². The van der Waals surface area contributed by atoms with Crippen LogP contribution in [0.15, 0.2) is 29.4 Å². The van der Waals surface area contributed by atoms with Crippen molar-refractivity contribution in [2.24, 2.45) is 5.16 Å². The molecule has 0 bridgehead atoms. The number of nitrogens with zero attached hydrogens (tertiary/aromatic N) is 2. The Kier molecular flexibility index (Phi) is 3.66. The standard InChI is InChI=1S/C14H18N3O2/c18-10-11-9-13(16-19-11)12-3-1-2-4-14(12)17-7-5-15-6-8-17/h1-4,10-11,15,18H,5-9H2. The minimum absolute atomic E-state index is 0.314. The van der Waals surface area contributed by atoms with Gasteiger partial charge in [0.2, 0.25) is 0 Å². The lowest BCUT2D eigenvalue weighted by Gasteiger charge is -2.31. The number of piperazine rings is 1. The van der Waals surface area contributed by atoms with E-state index in [1.54, 1.807) is 0 Å². The van der Waals surface area contributed by atoms with Crippen LogP contribution in [0.25, 0.3) is 0 Å². The van der Waals surface area contributed by atoms with Gasteiger partial charge in [0, 0.05) is 43.9 Å². The molecule has 1 fully saturated rings. The maximum atomic E-state index is 9.01. The maximum absolute atomic E-state index is 9.01. The third-order valence-electron chi connectivity index (χ3n) is 3.53. The van der Waals surface area contributed by atoms with Crippen molar-refractivity contribution >= 4 is 11.4 Å². The molecule has 1 atom stereocenters. The van der Waals surface area contributed by atoms with E-state index in [0.29, 0.717) is 6.42 Å². The van der Waals surface area contributed by atoms with E-state index in [-0.39, 0.29) is 6.10 Å². The number of nitrogens with one attached hydrogen (secondary N) is 1. The van der Waals surface area contributed by atoms with E-state index in [1.165, 1.54) is 5.69 Å². The molecule has 1 aromatic rings. The second kappa shape index (κ2) is 5.59. The molecule has 1 unspecified atom stereocenters. The molecule has 101 valence electrons. The largest absolute Gasteiger partial charge is 0.389 e. The molecule has 0 aromatic heterocycles. The van der Waals surface area contributed by atoms with E-state index < -0.39 is 0 Å². The minimum atomic E-state index is -0.314. The van der Waals surface area contributed by atoms with Crippen LogP contribution in [0, 0.1) is 6.61 Å². The van der Waals surface area contributed by atoms with Crippen molar-refractivity contribution in [3.05, 3.63) is 36.4 Å². The van der Waals surface area contributed by atoms with Crippen molar-refractivity contribution in [2.75, 3.05) is 31.1 Å². The molecule has 2 aliphatic heterocycles. The molecule has 2 N–H and O–H groups in total. The van der Waals surface area contributed by atoms with Crippen LogP contribution in [-0.4, -0.2) is 43.1 Å². The number of oxime groups is 1. The zero-order valence-corrected chi connectivity index (χ0v) is 10.7. The highest BCUT2D eigenvalue weighted by Crippen LogP contribution is 2.26. The Labute approximate surface area is 112 Å². The fraction of sp³-hybridized carbons (Fsp3) is 0.429. The molecule has 1 radical (unpaired) electrons. The Morgan fingerprint density at radius 2 is 2.11 bits per heavy atom. The predicted octanol–water partition coefficient (Wildman–Crippen LogP) is 1.12. The second-order valence-electron chi connectivity index (χ2n) is 4.79. The lowest BCUT2D eigenvalue weighted by molar-refractivity contribution is 0.0731. The van der Waals surface area contributed by atoms with Crippen LogP contribution in [0.5, 0.6) is 0 Å². The number of benzene rings is 1. The van der Waals surface area contributed by atoms with Crippen LogP contribution in [0.2, 0.25) is 0 Å². The normalized spacial score (nSPS) is 23.1. The summed E-state index contributed by atoms with van der Waals surface area (Å²) in [6.45, 7) is 5.07. The highest BCUT2D eigenvalue weighted by Gasteiger charge is 2.25. The summed E-state index contributed by atoms with van der Waals surface area (Å²) in [5.74, 6) is 0. The summed E-state index contributed by atoms with van der Waals surface area (Å²) in [6.07, 6.45) is 0.311. The molecule has 2 heterocycles. The van der Waals surface area contributed by atoms with Crippen molar-refractivity contribution < 1.29 is 9.94 Å². The van der Waals surface area contributed by atoms with Crippen LogP contribution in [-0.2, 0) is 4.84 Å². The third kappa shape index (κ3) is 2.57. The lowest BCUT2D eigenvalue weighted by atomic mass is 10.0. The number of hydrogen-bond acceptors (Lipinski definition) is 5. The molecule has 5 nitrogen and oxygen atoms in total. The summed E-state index contributed by atoms with van der Waals surface area (Å²) in [7, 11) is 0. The molecule has 2 aliphatic rings. The Morgan fingerprint density at radius 3 is 2.84 bits per heavy atom. The molecule has 0 amide bonds. The van der Waals surface area contributed by atoms with Gasteiger partial charge in [-0.05, 0) is 6.07 Å². The maximum Gasteiger partial charge on any atom is 0.161 e. The van der Waals surface area contributed by atoms with Crippen LogP contribution in [0.1, 0.15) is 12.0 Å². The second-order valence-corrected chi connectivity index (χ2v) is 4.79. The Balaban J connectivity index is 1.85. The van der Waals surface area contributed by atoms with E-state index in [9.17, 15) is 0 Å². The van der Waals surface area contributed by atoms with E-state index >= 15 is 0 Å². The van der Waals surface area contributed by atoms with Crippen LogP contribution < -0.4 is 10.2 Å². The molecule has 19 heavy (non-hydrogen) atoms. The van der Waals surface area contributed by atoms with Gasteiger partial charge in [-0.1, -0.05) is 23.4 Å². The fourth-order valence-corrected chi connectivity index (χ4v) is 2.53. The fourth-order valence-electron chi connectivity index (χ4n) is 2.53. The average molecular weight is 260 g/mol. The SMILES string of the molecule is O[CH]C1CC(c2ccccc2N2CCNCC2)=NO1. The smallest absolute Gasteiger partial charge is 0.161 e. The number of aliphatic hydroxyl groups excluding tert-OH is 1. The number of para-hydroxylation sites is 1. The zero-order valence-electron chi connectivity index (χ0n) is 10.7. The molecule has 3 rings (SSSR count). The van der Waals surface area contributed by atoms with Crippen LogP contribution in [0.3, 0.4) is 0 Å². The summed E-state index contributed by atoms with van der Waals surface area (Å²) in [5, 5.41) is 16.5. The van der Waals surface area contributed by atoms with E-state index in [4.69, 9.17) is 9.94 Å². The van der Waals surface area contributed by atoms with Gasteiger partial charge >= 0.3 is 0 Å². The Hall–Kier alpha value is -1.59. The average Bonchev–Trinajstić information content (AvgIpc) is 2.97. The van der Waals surface area contributed by atoms with Gasteiger partial charge in [0.25, 0.3) is 0 Å². The Morgan fingerprint density at radius 1 is 1.32 bits per heavy atom. The highest BCUT2D eigenvalue weighted by atomic mass is 16.6. The van der Waals surface area contributed by atoms with Crippen molar-refractivity contribution in [2.45, 2.75) is 12.5 Å². The van der Waals surface area contributed by atoms with Gasteiger partial charge in [0.1, 0.15) is 6.61 Å². The number of hydrogen-bond donors (Lipinski definition) is 2. The first-order chi connectivity index (χ1) is 9.38. The highest BCUT2D eigenvalue weighted by molar-refractivity contribution is 6.05. The molecule has 0 aliphatic carbocycles. The number of rotatable bonds is 3. The topological polar surface area (TPSA) is 57.1 Å². The predicted molar refractivity (Wildman–Crippen MR) is 73.8 cm³/mol. The first-order valence-corrected chi connectivity index (χ1v) is 6.64. The van der Waals surface area contributed by atoms with Crippen LogP contribution >= 0.6 is 0 Å². The summed E-state index contributed by atoms with van der Waals surface area (Å²) >= 11 is 0. The summed E-state index contributed by atoms with van der Waals surface area (Å²) in [4.78, 5) is 7.53. The van der Waals surface area contributed by atoms with Crippen molar-refractivity contribution in [1.82, 2.24) is 5.32 Å². The van der Waals surface area contributed by atoms with E-state index in [0.717, 1.165) is 44.1 Å². The third-order valence-corrected chi connectivity index (χ3v) is 3.53. The van der Waals surface area contributed by atoms with Gasteiger partial charge in [0.05, 0.1) is 5.71 Å². The minimum Gasteiger partial charge on any atom is -0.389 e. The monoisotopic (exact) mass is 260 g/mol. The number of anilines is 1. The number of aliphatic hydroxyl groups is 1. The molecule has 0 saturated carbocycles. The van der Waals surface area contributed by atoms with Crippen molar-refractivity contribution in [1.29, 1.82) is 0 Å². The Bertz CT molecular complexity index is 470. The zero-order chi connectivity index (χ0) is 13.1. The van der Waals surface area contributed by atoms with Crippen molar-refractivity contribution in [3.63, 3.8) is 0 Å². The van der Waals surface area contributed by atoms with E-state index in [1.807, 2.05) is 12.1 Å². The molecular weight excluding hydrogens is 242 g/mol. The summed E-state index contributed by atoms with van der Waals surface area (Å²) in [5.41, 5.74) is 3.21. The van der Waals surface area contributed by atoms with Gasteiger partial charge in [-0.15, -0.1) is 0 Å². The van der Waals surface area contributed by atoms with Gasteiger partial charge in [-0.2, -0.15) is 0 Å². The summed E-state index contributed by atoms with van der Waals surface area (Å²) in [6, 6.07) is 8.25.